The molecular weight excluding hydrogens is 350 g/mol. The SMILES string of the molecule is O=C(c1ccoc1)N1CCC(NCc2csc(-c3ncccn3)n2)CC1. The fourth-order valence-corrected chi connectivity index (χ4v) is 3.77. The molecule has 0 aromatic carbocycles. The molecule has 0 spiro atoms. The molecule has 26 heavy (non-hydrogen) atoms. The van der Waals surface area contributed by atoms with E-state index in [1.165, 1.54) is 12.5 Å². The van der Waals surface area contributed by atoms with E-state index < -0.39 is 0 Å². The van der Waals surface area contributed by atoms with Gasteiger partial charge in [-0.25, -0.2) is 15.0 Å². The lowest BCUT2D eigenvalue weighted by Crippen LogP contribution is -2.44. The number of carbonyl (C=O) groups excluding carboxylic acids is 1. The summed E-state index contributed by atoms with van der Waals surface area (Å²) in [5.74, 6) is 0.707. The Morgan fingerprint density at radius 1 is 1.31 bits per heavy atom. The van der Waals surface area contributed by atoms with Crippen LogP contribution >= 0.6 is 11.3 Å². The van der Waals surface area contributed by atoms with Gasteiger partial charge in [-0.1, -0.05) is 0 Å². The van der Waals surface area contributed by atoms with Crippen LogP contribution in [0, 0.1) is 0 Å². The average Bonchev–Trinajstić information content (AvgIpc) is 3.39. The van der Waals surface area contributed by atoms with Crippen molar-refractivity contribution in [2.75, 3.05) is 13.1 Å². The molecule has 0 aliphatic carbocycles. The van der Waals surface area contributed by atoms with Gasteiger partial charge in [0.15, 0.2) is 10.8 Å². The third kappa shape index (κ3) is 3.81. The molecule has 3 aromatic heterocycles. The second-order valence-electron chi connectivity index (χ2n) is 6.18. The summed E-state index contributed by atoms with van der Waals surface area (Å²) in [4.78, 5) is 27.3. The molecule has 0 atom stereocenters. The molecule has 134 valence electrons. The first-order valence-corrected chi connectivity index (χ1v) is 9.44. The van der Waals surface area contributed by atoms with Crippen molar-refractivity contribution in [2.24, 2.45) is 0 Å². The van der Waals surface area contributed by atoms with E-state index in [4.69, 9.17) is 4.42 Å². The van der Waals surface area contributed by atoms with Gasteiger partial charge < -0.3 is 14.6 Å². The lowest BCUT2D eigenvalue weighted by atomic mass is 10.0. The Labute approximate surface area is 155 Å². The molecule has 7 nitrogen and oxygen atoms in total. The van der Waals surface area contributed by atoms with Crippen molar-refractivity contribution in [3.05, 3.63) is 53.7 Å². The molecule has 0 bridgehead atoms. The van der Waals surface area contributed by atoms with Crippen molar-refractivity contribution >= 4 is 17.2 Å². The number of rotatable bonds is 5. The van der Waals surface area contributed by atoms with Crippen LogP contribution in [-0.4, -0.2) is 44.9 Å². The summed E-state index contributed by atoms with van der Waals surface area (Å²) < 4.78 is 4.99. The van der Waals surface area contributed by atoms with E-state index in [1.54, 1.807) is 35.9 Å². The Morgan fingerprint density at radius 3 is 2.85 bits per heavy atom. The first kappa shape index (κ1) is 16.9. The molecule has 1 N–H and O–H groups in total. The molecule has 1 aliphatic heterocycles. The van der Waals surface area contributed by atoms with Crippen LogP contribution in [0.1, 0.15) is 28.9 Å². The molecule has 1 amide bonds. The minimum atomic E-state index is 0.0456. The van der Waals surface area contributed by atoms with Gasteiger partial charge in [-0.05, 0) is 25.0 Å². The zero-order valence-corrected chi connectivity index (χ0v) is 15.0. The van der Waals surface area contributed by atoms with E-state index in [0.29, 0.717) is 24.0 Å². The van der Waals surface area contributed by atoms with Gasteiger partial charge in [0, 0.05) is 43.4 Å². The number of amides is 1. The number of thiazole rings is 1. The maximum atomic E-state index is 12.3. The number of aromatic nitrogens is 3. The molecule has 0 saturated carbocycles. The normalized spacial score (nSPS) is 15.3. The molecule has 0 unspecified atom stereocenters. The van der Waals surface area contributed by atoms with Crippen molar-refractivity contribution in [3.63, 3.8) is 0 Å². The topological polar surface area (TPSA) is 84.2 Å². The highest BCUT2D eigenvalue weighted by molar-refractivity contribution is 7.13. The molecule has 0 radical (unpaired) electrons. The largest absolute Gasteiger partial charge is 0.472 e. The second-order valence-corrected chi connectivity index (χ2v) is 7.03. The quantitative estimate of drug-likeness (QED) is 0.744. The highest BCUT2D eigenvalue weighted by Gasteiger charge is 2.24. The predicted octanol–water partition coefficient (Wildman–Crippen LogP) is 2.59. The maximum absolute atomic E-state index is 12.3. The highest BCUT2D eigenvalue weighted by Crippen LogP contribution is 2.20. The molecule has 8 heteroatoms. The zero-order valence-electron chi connectivity index (χ0n) is 14.2. The van der Waals surface area contributed by atoms with Crippen molar-refractivity contribution in [2.45, 2.75) is 25.4 Å². The number of carbonyl (C=O) groups is 1. The third-order valence-electron chi connectivity index (χ3n) is 4.43. The minimum Gasteiger partial charge on any atom is -0.472 e. The first-order valence-electron chi connectivity index (χ1n) is 8.56. The van der Waals surface area contributed by atoms with Crippen LogP contribution in [-0.2, 0) is 6.54 Å². The van der Waals surface area contributed by atoms with Crippen molar-refractivity contribution in [1.82, 2.24) is 25.2 Å². The summed E-state index contributed by atoms with van der Waals surface area (Å²) in [6.45, 7) is 2.22. The molecule has 4 rings (SSSR count). The lowest BCUT2D eigenvalue weighted by Gasteiger charge is -2.32. The number of nitrogens with one attached hydrogen (secondary N) is 1. The summed E-state index contributed by atoms with van der Waals surface area (Å²) in [5.41, 5.74) is 1.61. The smallest absolute Gasteiger partial charge is 0.257 e. The van der Waals surface area contributed by atoms with E-state index in [9.17, 15) is 4.79 Å². The van der Waals surface area contributed by atoms with Crippen LogP contribution in [0.2, 0.25) is 0 Å². The summed E-state index contributed by atoms with van der Waals surface area (Å²) in [6.07, 6.45) is 8.35. The number of piperidine rings is 1. The fourth-order valence-electron chi connectivity index (χ4n) is 3.00. The van der Waals surface area contributed by atoms with Gasteiger partial charge >= 0.3 is 0 Å². The number of hydrogen-bond acceptors (Lipinski definition) is 7. The Bertz CT molecular complexity index is 842. The standard InChI is InChI=1S/C18H19N5O2S/c24-18(13-4-9-25-11-13)23-7-2-14(3-8-23)21-10-15-12-26-17(22-15)16-19-5-1-6-20-16/h1,4-6,9,11-12,14,21H,2-3,7-8,10H2. The number of likely N-dealkylation sites (tertiary alicyclic amines) is 1. The van der Waals surface area contributed by atoms with Crippen molar-refractivity contribution in [1.29, 1.82) is 0 Å². The Kier molecular flexibility index (Phi) is 5.03. The van der Waals surface area contributed by atoms with E-state index >= 15 is 0 Å². The first-order chi connectivity index (χ1) is 12.8. The number of nitrogens with zero attached hydrogens (tertiary/aromatic N) is 4. The zero-order chi connectivity index (χ0) is 17.8. The molecule has 1 aliphatic rings. The summed E-state index contributed by atoms with van der Waals surface area (Å²) in [5, 5.41) is 6.42. The Balaban J connectivity index is 1.26. The molecule has 3 aromatic rings. The number of hydrogen-bond donors (Lipinski definition) is 1. The van der Waals surface area contributed by atoms with Gasteiger partial charge in [0.05, 0.1) is 17.5 Å². The van der Waals surface area contributed by atoms with Crippen LogP contribution in [0.5, 0.6) is 0 Å². The number of furan rings is 1. The monoisotopic (exact) mass is 369 g/mol. The van der Waals surface area contributed by atoms with E-state index in [-0.39, 0.29) is 5.91 Å². The minimum absolute atomic E-state index is 0.0456. The van der Waals surface area contributed by atoms with Crippen LogP contribution in [0.15, 0.2) is 46.8 Å². The van der Waals surface area contributed by atoms with Crippen LogP contribution in [0.3, 0.4) is 0 Å². The molecule has 1 saturated heterocycles. The third-order valence-corrected chi connectivity index (χ3v) is 5.32. The second kappa shape index (κ2) is 7.76. The van der Waals surface area contributed by atoms with Crippen LogP contribution < -0.4 is 5.32 Å². The van der Waals surface area contributed by atoms with E-state index in [2.05, 4.69) is 20.3 Å². The van der Waals surface area contributed by atoms with Gasteiger partial charge in [0.1, 0.15) is 6.26 Å². The van der Waals surface area contributed by atoms with Crippen molar-refractivity contribution in [3.8, 4) is 10.8 Å². The Morgan fingerprint density at radius 2 is 2.12 bits per heavy atom. The van der Waals surface area contributed by atoms with E-state index in [0.717, 1.165) is 36.6 Å². The molecule has 4 heterocycles. The van der Waals surface area contributed by atoms with Gasteiger partial charge in [0.2, 0.25) is 0 Å². The van der Waals surface area contributed by atoms with Gasteiger partial charge in [-0.3, -0.25) is 4.79 Å². The molecule has 1 fully saturated rings. The van der Waals surface area contributed by atoms with Gasteiger partial charge in [-0.15, -0.1) is 11.3 Å². The average molecular weight is 369 g/mol. The summed E-state index contributed by atoms with van der Waals surface area (Å²) in [7, 11) is 0. The van der Waals surface area contributed by atoms with Crippen LogP contribution in [0.25, 0.3) is 10.8 Å². The highest BCUT2D eigenvalue weighted by atomic mass is 32.1. The summed E-state index contributed by atoms with van der Waals surface area (Å²) in [6, 6.07) is 3.90. The lowest BCUT2D eigenvalue weighted by molar-refractivity contribution is 0.0704. The Hall–Kier alpha value is -2.58. The van der Waals surface area contributed by atoms with Crippen molar-refractivity contribution < 1.29 is 9.21 Å². The van der Waals surface area contributed by atoms with E-state index in [1.807, 2.05) is 10.3 Å². The van der Waals surface area contributed by atoms with Gasteiger partial charge in [0.25, 0.3) is 5.91 Å². The maximum Gasteiger partial charge on any atom is 0.257 e. The van der Waals surface area contributed by atoms with Gasteiger partial charge in [-0.2, -0.15) is 0 Å². The predicted molar refractivity (Wildman–Crippen MR) is 97.6 cm³/mol. The van der Waals surface area contributed by atoms with Crippen LogP contribution in [0.4, 0.5) is 0 Å². The fraction of sp³-hybridized carbons (Fsp3) is 0.333. The molecular formula is C18H19N5O2S. The summed E-state index contributed by atoms with van der Waals surface area (Å²) >= 11 is 1.55.